The summed E-state index contributed by atoms with van der Waals surface area (Å²) in [6.45, 7) is 2.13. The molecule has 1 aliphatic rings. The Kier molecular flexibility index (Phi) is 6.58. The van der Waals surface area contributed by atoms with Crippen molar-refractivity contribution >= 4 is 23.4 Å². The van der Waals surface area contributed by atoms with E-state index < -0.39 is 11.4 Å². The largest absolute Gasteiger partial charge is 0.495 e. The monoisotopic (exact) mass is 488 g/mol. The molecule has 8 nitrogen and oxygen atoms in total. The molecular weight excluding hydrogens is 464 g/mol. The van der Waals surface area contributed by atoms with Gasteiger partial charge in [-0.1, -0.05) is 54.2 Å². The van der Waals surface area contributed by atoms with E-state index in [-0.39, 0.29) is 5.91 Å². The predicted molar refractivity (Wildman–Crippen MR) is 134 cm³/mol. The first kappa shape index (κ1) is 22.8. The lowest BCUT2D eigenvalue weighted by molar-refractivity contribution is -0.115. The van der Waals surface area contributed by atoms with Crippen LogP contribution in [-0.2, 0) is 4.79 Å². The highest BCUT2D eigenvalue weighted by Gasteiger charge is 2.30. The van der Waals surface area contributed by atoms with Crippen LogP contribution in [-0.4, -0.2) is 39.6 Å². The van der Waals surface area contributed by atoms with Gasteiger partial charge in [0.25, 0.3) is 0 Å². The highest BCUT2D eigenvalue weighted by atomic mass is 32.2. The van der Waals surface area contributed by atoms with Gasteiger partial charge in [0.1, 0.15) is 12.4 Å². The molecular formula is C26H24N4O4S. The van der Waals surface area contributed by atoms with Gasteiger partial charge in [0, 0.05) is 5.69 Å². The highest BCUT2D eigenvalue weighted by Crippen LogP contribution is 2.37. The fourth-order valence-corrected chi connectivity index (χ4v) is 4.60. The summed E-state index contributed by atoms with van der Waals surface area (Å²) < 4.78 is 19.4. The zero-order chi connectivity index (χ0) is 24.2. The number of aromatic nitrogens is 3. The van der Waals surface area contributed by atoms with Crippen LogP contribution < -0.4 is 19.5 Å². The van der Waals surface area contributed by atoms with Crippen molar-refractivity contribution in [1.29, 1.82) is 0 Å². The van der Waals surface area contributed by atoms with Gasteiger partial charge in [-0.2, -0.15) is 0 Å². The Morgan fingerprint density at radius 1 is 1.03 bits per heavy atom. The number of methoxy groups -OCH3 is 1. The topological polar surface area (TPSA) is 87.5 Å². The van der Waals surface area contributed by atoms with Crippen molar-refractivity contribution in [1.82, 2.24) is 14.8 Å². The van der Waals surface area contributed by atoms with Crippen LogP contribution >= 0.6 is 11.8 Å². The van der Waals surface area contributed by atoms with Gasteiger partial charge in [-0.15, -0.1) is 10.2 Å². The second-order valence-electron chi connectivity index (χ2n) is 7.83. The Labute approximate surface area is 207 Å². The number of thioether (sulfide) groups is 1. The van der Waals surface area contributed by atoms with Gasteiger partial charge in [-0.25, -0.2) is 0 Å². The number of hydrogen-bond donors (Lipinski definition) is 1. The molecule has 2 atom stereocenters. The van der Waals surface area contributed by atoms with Crippen LogP contribution in [0.25, 0.3) is 5.69 Å². The zero-order valence-electron chi connectivity index (χ0n) is 19.3. The number of para-hydroxylation sites is 5. The number of carbonyl (C=O) groups is 1. The van der Waals surface area contributed by atoms with Crippen molar-refractivity contribution in [3.05, 3.63) is 84.7 Å². The first-order valence-corrected chi connectivity index (χ1v) is 12.0. The SMILES string of the molecule is COc1ccccc1NC(=O)[C@@H](C)Sc1nnc([C@H]2COc3ccccc3O2)n1-c1ccccc1. The summed E-state index contributed by atoms with van der Waals surface area (Å²) in [5.74, 6) is 2.39. The van der Waals surface area contributed by atoms with Crippen LogP contribution in [0.2, 0.25) is 0 Å². The molecule has 35 heavy (non-hydrogen) atoms. The Balaban J connectivity index is 1.41. The molecule has 1 aliphatic heterocycles. The summed E-state index contributed by atoms with van der Waals surface area (Å²) in [6.07, 6.45) is -0.454. The fraction of sp³-hybridized carbons (Fsp3) is 0.192. The average Bonchev–Trinajstić information content (AvgIpc) is 3.32. The van der Waals surface area contributed by atoms with Crippen LogP contribution in [0.1, 0.15) is 18.9 Å². The van der Waals surface area contributed by atoms with Crippen molar-refractivity contribution in [3.63, 3.8) is 0 Å². The number of rotatable bonds is 7. The molecule has 0 spiro atoms. The lowest BCUT2D eigenvalue weighted by Gasteiger charge is -2.26. The third-order valence-electron chi connectivity index (χ3n) is 5.49. The van der Waals surface area contributed by atoms with Crippen molar-refractivity contribution < 1.29 is 19.0 Å². The van der Waals surface area contributed by atoms with Crippen LogP contribution in [0.3, 0.4) is 0 Å². The number of benzene rings is 3. The molecule has 0 fully saturated rings. The Morgan fingerprint density at radius 2 is 1.74 bits per heavy atom. The molecule has 4 aromatic rings. The maximum Gasteiger partial charge on any atom is 0.237 e. The van der Waals surface area contributed by atoms with Gasteiger partial charge in [-0.05, 0) is 43.3 Å². The van der Waals surface area contributed by atoms with Crippen LogP contribution in [0.15, 0.2) is 84.0 Å². The van der Waals surface area contributed by atoms with E-state index in [9.17, 15) is 4.79 Å². The van der Waals surface area contributed by atoms with Gasteiger partial charge < -0.3 is 19.5 Å². The van der Waals surface area contributed by atoms with Crippen molar-refractivity contribution in [2.24, 2.45) is 0 Å². The second-order valence-corrected chi connectivity index (χ2v) is 9.13. The Morgan fingerprint density at radius 3 is 2.54 bits per heavy atom. The molecule has 3 aromatic carbocycles. The molecule has 0 unspecified atom stereocenters. The van der Waals surface area contributed by atoms with E-state index in [4.69, 9.17) is 14.2 Å². The number of ether oxygens (including phenoxy) is 3. The molecule has 0 aliphatic carbocycles. The molecule has 0 radical (unpaired) electrons. The van der Waals surface area contributed by atoms with E-state index >= 15 is 0 Å². The smallest absolute Gasteiger partial charge is 0.237 e. The van der Waals surface area contributed by atoms with Crippen LogP contribution in [0.4, 0.5) is 5.69 Å². The van der Waals surface area contributed by atoms with E-state index in [1.165, 1.54) is 11.8 Å². The Hall–Kier alpha value is -3.98. The normalized spacial score (nSPS) is 15.3. The number of fused-ring (bicyclic) bond motifs is 1. The second kappa shape index (κ2) is 10.1. The number of carbonyl (C=O) groups excluding carboxylic acids is 1. The molecule has 0 saturated heterocycles. The van der Waals surface area contributed by atoms with E-state index in [2.05, 4.69) is 15.5 Å². The first-order chi connectivity index (χ1) is 17.1. The molecule has 0 saturated carbocycles. The van der Waals surface area contributed by atoms with Crippen molar-refractivity contribution in [3.8, 4) is 22.9 Å². The summed E-state index contributed by atoms with van der Waals surface area (Å²) in [7, 11) is 1.57. The van der Waals surface area contributed by atoms with Crippen molar-refractivity contribution in [2.75, 3.05) is 19.0 Å². The average molecular weight is 489 g/mol. The summed E-state index contributed by atoms with van der Waals surface area (Å²) >= 11 is 1.32. The molecule has 1 aromatic heterocycles. The molecule has 178 valence electrons. The fourth-order valence-electron chi connectivity index (χ4n) is 3.73. The molecule has 2 heterocycles. The van der Waals surface area contributed by atoms with E-state index in [0.717, 1.165) is 5.69 Å². The number of hydrogen-bond acceptors (Lipinski definition) is 7. The van der Waals surface area contributed by atoms with Gasteiger partial charge in [0.15, 0.2) is 28.6 Å². The minimum Gasteiger partial charge on any atom is -0.495 e. The van der Waals surface area contributed by atoms with E-state index in [1.54, 1.807) is 19.2 Å². The third-order valence-corrected chi connectivity index (χ3v) is 6.53. The molecule has 1 N–H and O–H groups in total. The lowest BCUT2D eigenvalue weighted by Crippen LogP contribution is -2.25. The first-order valence-electron chi connectivity index (χ1n) is 11.1. The van der Waals surface area contributed by atoms with Gasteiger partial charge in [0.2, 0.25) is 5.91 Å². The number of amides is 1. The van der Waals surface area contributed by atoms with E-state index in [1.807, 2.05) is 78.2 Å². The highest BCUT2D eigenvalue weighted by molar-refractivity contribution is 8.00. The number of nitrogens with one attached hydrogen (secondary N) is 1. The molecule has 0 bridgehead atoms. The zero-order valence-corrected chi connectivity index (χ0v) is 20.1. The van der Waals surface area contributed by atoms with Crippen LogP contribution in [0, 0.1) is 0 Å². The summed E-state index contributed by atoms with van der Waals surface area (Å²) in [6, 6.07) is 24.6. The molecule has 1 amide bonds. The van der Waals surface area contributed by atoms with Gasteiger partial charge >= 0.3 is 0 Å². The third kappa shape index (κ3) is 4.81. The van der Waals surface area contributed by atoms with Gasteiger partial charge in [0.05, 0.1) is 18.0 Å². The number of nitrogens with zero attached hydrogens (tertiary/aromatic N) is 3. The standard InChI is InChI=1S/C26H24N4O4S/c1-17(25(31)27-19-12-6-7-13-20(19)32-2)35-26-29-28-24(30(26)18-10-4-3-5-11-18)23-16-33-21-14-8-9-15-22(21)34-23/h3-15,17,23H,16H2,1-2H3,(H,27,31)/t17-,23-/m1/s1. The lowest BCUT2D eigenvalue weighted by atomic mass is 10.2. The molecule has 9 heteroatoms. The minimum absolute atomic E-state index is 0.171. The van der Waals surface area contributed by atoms with Gasteiger partial charge in [-0.3, -0.25) is 9.36 Å². The summed E-state index contributed by atoms with van der Waals surface area (Å²) in [4.78, 5) is 13.0. The van der Waals surface area contributed by atoms with Crippen LogP contribution in [0.5, 0.6) is 17.2 Å². The maximum absolute atomic E-state index is 13.0. The quantitative estimate of drug-likeness (QED) is 0.370. The van der Waals surface area contributed by atoms with E-state index in [0.29, 0.717) is 40.5 Å². The summed E-state index contributed by atoms with van der Waals surface area (Å²) in [5, 5.41) is 11.9. The molecule has 5 rings (SSSR count). The Bertz CT molecular complexity index is 1330. The van der Waals surface area contributed by atoms with Crippen molar-refractivity contribution in [2.45, 2.75) is 23.4 Å². The summed E-state index contributed by atoms with van der Waals surface area (Å²) in [5.41, 5.74) is 1.49. The number of anilines is 1. The minimum atomic E-state index is -0.455. The maximum atomic E-state index is 13.0. The predicted octanol–water partition coefficient (Wildman–Crippen LogP) is 4.91.